The second-order valence-electron chi connectivity index (χ2n) is 5.52. The highest BCUT2D eigenvalue weighted by Crippen LogP contribution is 2.39. The van der Waals surface area contributed by atoms with E-state index in [1.165, 1.54) is 12.1 Å². The van der Waals surface area contributed by atoms with Gasteiger partial charge < -0.3 is 10.4 Å². The topological polar surface area (TPSA) is 49.3 Å². The lowest BCUT2D eigenvalue weighted by Gasteiger charge is -2.28. The first-order valence-corrected chi connectivity index (χ1v) is 6.70. The summed E-state index contributed by atoms with van der Waals surface area (Å²) in [4.78, 5) is 11.9. The van der Waals surface area contributed by atoms with Crippen molar-refractivity contribution in [3.8, 4) is 0 Å². The summed E-state index contributed by atoms with van der Waals surface area (Å²) >= 11 is 0. The summed E-state index contributed by atoms with van der Waals surface area (Å²) in [6.45, 7) is 1.86. The van der Waals surface area contributed by atoms with Crippen molar-refractivity contribution < 1.29 is 14.3 Å². The van der Waals surface area contributed by atoms with Crippen LogP contribution in [0, 0.1) is 11.7 Å². The smallest absolute Gasteiger partial charge is 0.220 e. The van der Waals surface area contributed by atoms with Crippen LogP contribution in [0.5, 0.6) is 0 Å². The Hall–Kier alpha value is -1.42. The van der Waals surface area contributed by atoms with Crippen molar-refractivity contribution in [3.05, 3.63) is 35.6 Å². The molecule has 1 fully saturated rings. The first-order valence-electron chi connectivity index (χ1n) is 6.70. The summed E-state index contributed by atoms with van der Waals surface area (Å²) in [5.41, 5.74) is 0.452. The Morgan fingerprint density at radius 2 is 2.05 bits per heavy atom. The Morgan fingerprint density at radius 1 is 1.42 bits per heavy atom. The van der Waals surface area contributed by atoms with Crippen molar-refractivity contribution in [2.45, 2.75) is 38.1 Å². The molecule has 104 valence electrons. The van der Waals surface area contributed by atoms with Gasteiger partial charge in [0.05, 0.1) is 12.1 Å². The van der Waals surface area contributed by atoms with E-state index in [-0.39, 0.29) is 18.3 Å². The van der Waals surface area contributed by atoms with Gasteiger partial charge in [0.25, 0.3) is 0 Å². The predicted octanol–water partition coefficient (Wildman–Crippen LogP) is 2.04. The van der Waals surface area contributed by atoms with Crippen LogP contribution in [0.25, 0.3) is 0 Å². The Morgan fingerprint density at radius 3 is 2.58 bits per heavy atom. The summed E-state index contributed by atoms with van der Waals surface area (Å²) in [5.74, 6) is 0.0647. The summed E-state index contributed by atoms with van der Waals surface area (Å²) in [6, 6.07) is 6.17. The fraction of sp³-hybridized carbons (Fsp3) is 0.533. The van der Waals surface area contributed by atoms with Crippen molar-refractivity contribution in [2.75, 3.05) is 6.61 Å². The molecule has 0 aliphatic heterocycles. The molecule has 19 heavy (non-hydrogen) atoms. The second kappa shape index (κ2) is 5.70. The van der Waals surface area contributed by atoms with Crippen LogP contribution in [-0.4, -0.2) is 23.2 Å². The minimum absolute atomic E-state index is 0.0278. The minimum atomic E-state index is -0.486. The van der Waals surface area contributed by atoms with Gasteiger partial charge in [0.1, 0.15) is 5.82 Å². The van der Waals surface area contributed by atoms with Gasteiger partial charge in [-0.15, -0.1) is 0 Å². The molecule has 3 nitrogen and oxygen atoms in total. The molecule has 1 saturated carbocycles. The zero-order valence-corrected chi connectivity index (χ0v) is 11.2. The van der Waals surface area contributed by atoms with Gasteiger partial charge >= 0.3 is 0 Å². The number of hydrogen-bond donors (Lipinski definition) is 2. The van der Waals surface area contributed by atoms with Crippen LogP contribution in [0.15, 0.2) is 24.3 Å². The third kappa shape index (κ3) is 3.77. The number of amides is 1. The van der Waals surface area contributed by atoms with Crippen molar-refractivity contribution in [1.82, 2.24) is 5.32 Å². The van der Waals surface area contributed by atoms with Gasteiger partial charge in [-0.1, -0.05) is 12.1 Å². The van der Waals surface area contributed by atoms with Crippen LogP contribution < -0.4 is 5.32 Å². The highest BCUT2D eigenvalue weighted by Gasteiger charge is 2.41. The molecule has 1 atom stereocenters. The standard InChI is InChI=1S/C15H20FNO2/c1-15(10-18,12-5-6-12)17-14(19)9-4-11-2-7-13(16)8-3-11/h2-3,7-8,12,18H,4-6,9-10H2,1H3,(H,17,19). The molecule has 4 heteroatoms. The van der Waals surface area contributed by atoms with Gasteiger partial charge in [0, 0.05) is 6.42 Å². The Kier molecular flexibility index (Phi) is 4.20. The van der Waals surface area contributed by atoms with Gasteiger partial charge in [-0.3, -0.25) is 4.79 Å². The molecular weight excluding hydrogens is 245 g/mol. The fourth-order valence-electron chi connectivity index (χ4n) is 2.28. The van der Waals surface area contributed by atoms with Crippen molar-refractivity contribution in [2.24, 2.45) is 5.92 Å². The largest absolute Gasteiger partial charge is 0.394 e. The van der Waals surface area contributed by atoms with Crippen LogP contribution in [0.4, 0.5) is 4.39 Å². The lowest BCUT2D eigenvalue weighted by atomic mass is 9.96. The number of aliphatic hydroxyl groups is 1. The molecule has 0 saturated heterocycles. The van der Waals surface area contributed by atoms with Crippen molar-refractivity contribution in [3.63, 3.8) is 0 Å². The van der Waals surface area contributed by atoms with Gasteiger partial charge in [-0.25, -0.2) is 4.39 Å². The number of halogens is 1. The van der Waals surface area contributed by atoms with E-state index in [0.717, 1.165) is 18.4 Å². The number of hydrogen-bond acceptors (Lipinski definition) is 2. The first kappa shape index (κ1) is 14.0. The third-order valence-electron chi connectivity index (χ3n) is 3.79. The lowest BCUT2D eigenvalue weighted by Crippen LogP contribution is -2.50. The van der Waals surface area contributed by atoms with Crippen LogP contribution in [0.3, 0.4) is 0 Å². The van der Waals surface area contributed by atoms with E-state index in [4.69, 9.17) is 0 Å². The maximum atomic E-state index is 12.7. The van der Waals surface area contributed by atoms with Gasteiger partial charge in [-0.2, -0.15) is 0 Å². The molecule has 1 aromatic rings. The molecule has 0 aromatic heterocycles. The van der Waals surface area contributed by atoms with Crippen LogP contribution in [0.1, 0.15) is 31.7 Å². The van der Waals surface area contributed by atoms with E-state index in [0.29, 0.717) is 18.8 Å². The normalized spacial score (nSPS) is 17.8. The number of nitrogens with one attached hydrogen (secondary N) is 1. The summed E-state index contributed by atoms with van der Waals surface area (Å²) in [5, 5.41) is 12.3. The number of benzene rings is 1. The molecule has 1 amide bonds. The highest BCUT2D eigenvalue weighted by molar-refractivity contribution is 5.77. The summed E-state index contributed by atoms with van der Waals surface area (Å²) < 4.78 is 12.7. The number of carbonyl (C=O) groups excluding carboxylic acids is 1. The van der Waals surface area contributed by atoms with E-state index in [2.05, 4.69) is 5.32 Å². The quantitative estimate of drug-likeness (QED) is 0.827. The maximum Gasteiger partial charge on any atom is 0.220 e. The molecule has 0 heterocycles. The number of carbonyl (C=O) groups is 1. The Labute approximate surface area is 112 Å². The number of aliphatic hydroxyl groups excluding tert-OH is 1. The molecule has 2 rings (SSSR count). The molecule has 0 radical (unpaired) electrons. The summed E-state index contributed by atoms with van der Waals surface area (Å²) in [7, 11) is 0. The van der Waals surface area contributed by atoms with Gasteiger partial charge in [0.2, 0.25) is 5.91 Å². The van der Waals surface area contributed by atoms with Crippen LogP contribution in [-0.2, 0) is 11.2 Å². The maximum absolute atomic E-state index is 12.7. The van der Waals surface area contributed by atoms with Crippen molar-refractivity contribution in [1.29, 1.82) is 0 Å². The van der Waals surface area contributed by atoms with E-state index in [9.17, 15) is 14.3 Å². The van der Waals surface area contributed by atoms with E-state index >= 15 is 0 Å². The van der Waals surface area contributed by atoms with E-state index < -0.39 is 5.54 Å². The van der Waals surface area contributed by atoms with E-state index in [1.54, 1.807) is 12.1 Å². The highest BCUT2D eigenvalue weighted by atomic mass is 19.1. The Bertz CT molecular complexity index is 442. The SMILES string of the molecule is CC(CO)(NC(=O)CCc1ccc(F)cc1)C1CC1. The first-order chi connectivity index (χ1) is 9.03. The molecule has 0 bridgehead atoms. The third-order valence-corrected chi connectivity index (χ3v) is 3.79. The van der Waals surface area contributed by atoms with Crippen molar-refractivity contribution >= 4 is 5.91 Å². The molecule has 1 aromatic carbocycles. The molecule has 2 N–H and O–H groups in total. The Balaban J connectivity index is 1.82. The monoisotopic (exact) mass is 265 g/mol. The van der Waals surface area contributed by atoms with Gasteiger partial charge in [0.15, 0.2) is 0 Å². The lowest BCUT2D eigenvalue weighted by molar-refractivity contribution is -0.123. The molecule has 1 aliphatic rings. The molecule has 1 unspecified atom stereocenters. The molecule has 0 spiro atoms. The minimum Gasteiger partial charge on any atom is -0.394 e. The molecular formula is C15H20FNO2. The van der Waals surface area contributed by atoms with E-state index in [1.807, 2.05) is 6.92 Å². The average molecular weight is 265 g/mol. The van der Waals surface area contributed by atoms with Crippen LogP contribution >= 0.6 is 0 Å². The second-order valence-corrected chi connectivity index (χ2v) is 5.52. The predicted molar refractivity (Wildman–Crippen MR) is 71.1 cm³/mol. The summed E-state index contributed by atoms with van der Waals surface area (Å²) in [6.07, 6.45) is 3.07. The van der Waals surface area contributed by atoms with Crippen LogP contribution in [0.2, 0.25) is 0 Å². The zero-order chi connectivity index (χ0) is 13.9. The number of aryl methyl sites for hydroxylation is 1. The average Bonchev–Trinajstić information content (AvgIpc) is 3.22. The van der Waals surface area contributed by atoms with Gasteiger partial charge in [-0.05, 0) is 49.8 Å². The zero-order valence-electron chi connectivity index (χ0n) is 11.2. The molecule has 1 aliphatic carbocycles. The fourth-order valence-corrected chi connectivity index (χ4v) is 2.28. The number of rotatable bonds is 6.